The zero-order valence-electron chi connectivity index (χ0n) is 13.9. The first-order valence-corrected chi connectivity index (χ1v) is 9.33. The zero-order valence-corrected chi connectivity index (χ0v) is 13.9. The normalized spacial score (nSPS) is 46.9. The Morgan fingerprint density at radius 3 is 2.78 bits per heavy atom. The second kappa shape index (κ2) is 5.00. The minimum Gasteiger partial charge on any atom is -0.300 e. The average Bonchev–Trinajstić information content (AvgIpc) is 2.88. The van der Waals surface area contributed by atoms with Gasteiger partial charge in [-0.25, -0.2) is 0 Å². The molecule has 0 unspecified atom stereocenters. The van der Waals surface area contributed by atoms with E-state index in [0.29, 0.717) is 48.5 Å². The van der Waals surface area contributed by atoms with Gasteiger partial charge in [0.2, 0.25) is 0 Å². The van der Waals surface area contributed by atoms with Gasteiger partial charge in [-0.05, 0) is 38.6 Å². The van der Waals surface area contributed by atoms with Crippen LogP contribution < -0.4 is 0 Å². The molecule has 0 N–H and O–H groups in total. The van der Waals surface area contributed by atoms with Crippen LogP contribution in [0, 0.1) is 17.8 Å². The van der Waals surface area contributed by atoms with Crippen LogP contribution in [0.15, 0.2) is 11.6 Å². The maximum Gasteiger partial charge on any atom is 0.140 e. The molecule has 0 spiro atoms. The molecule has 0 aromatic carbocycles. The number of Topliss-reactive ketones (excluding diaryl/α,β-unsaturated/α-hetero) is 2. The highest BCUT2D eigenvalue weighted by molar-refractivity contribution is 5.93. The van der Waals surface area contributed by atoms with Gasteiger partial charge in [0.1, 0.15) is 11.6 Å². The van der Waals surface area contributed by atoms with Crippen molar-refractivity contribution < 1.29 is 9.59 Å². The van der Waals surface area contributed by atoms with Crippen LogP contribution in [0.5, 0.6) is 0 Å². The number of likely N-dealkylation sites (N-methyl/N-ethyl adjacent to an activating group) is 1. The third kappa shape index (κ3) is 2.04. The van der Waals surface area contributed by atoms with E-state index in [-0.39, 0.29) is 11.8 Å². The molecule has 2 aliphatic carbocycles. The van der Waals surface area contributed by atoms with E-state index in [1.54, 1.807) is 0 Å². The molecule has 3 aliphatic heterocycles. The van der Waals surface area contributed by atoms with Crippen LogP contribution in [0.3, 0.4) is 0 Å². The van der Waals surface area contributed by atoms with Crippen LogP contribution in [0.25, 0.3) is 0 Å². The fraction of sp³-hybridized carbons (Fsp3) is 0.789. The highest BCUT2D eigenvalue weighted by Crippen LogP contribution is 2.48. The number of fused-ring (bicyclic) bond motifs is 3. The fourth-order valence-corrected chi connectivity index (χ4v) is 6.22. The van der Waals surface area contributed by atoms with Crippen molar-refractivity contribution in [2.24, 2.45) is 17.8 Å². The van der Waals surface area contributed by atoms with Crippen LogP contribution in [0.4, 0.5) is 0 Å². The number of rotatable bonds is 0. The minimum atomic E-state index is -0.123. The predicted octanol–water partition coefficient (Wildman–Crippen LogP) is 1.65. The second-order valence-corrected chi connectivity index (χ2v) is 8.48. The maximum absolute atomic E-state index is 12.8. The van der Waals surface area contributed by atoms with Gasteiger partial charge in [0.05, 0.1) is 0 Å². The summed E-state index contributed by atoms with van der Waals surface area (Å²) < 4.78 is 0. The summed E-state index contributed by atoms with van der Waals surface area (Å²) in [5, 5.41) is 0. The molecule has 6 atom stereocenters. The van der Waals surface area contributed by atoms with Gasteiger partial charge in [-0.15, -0.1) is 0 Å². The summed E-state index contributed by atoms with van der Waals surface area (Å²) in [7, 11) is 2.26. The SMILES string of the molecule is CN1C[C@H]2C[C@H]3CCC(=O)[C@H]4[C@H]3N2C[C@@H]1CC1=C[C@@H]4C(=O)CC1. The van der Waals surface area contributed by atoms with E-state index in [4.69, 9.17) is 0 Å². The Balaban J connectivity index is 1.64. The Kier molecular flexibility index (Phi) is 3.12. The lowest BCUT2D eigenvalue weighted by atomic mass is 9.67. The van der Waals surface area contributed by atoms with Crippen molar-refractivity contribution in [3.8, 4) is 0 Å². The lowest BCUT2D eigenvalue weighted by molar-refractivity contribution is -0.136. The van der Waals surface area contributed by atoms with Crippen molar-refractivity contribution in [1.82, 2.24) is 9.80 Å². The number of allylic oxidation sites excluding steroid dienone is 1. The molecule has 1 saturated carbocycles. The maximum atomic E-state index is 12.8. The first-order valence-electron chi connectivity index (χ1n) is 9.33. The Labute approximate surface area is 137 Å². The van der Waals surface area contributed by atoms with Crippen LogP contribution >= 0.6 is 0 Å². The molecule has 124 valence electrons. The molecule has 0 amide bonds. The lowest BCUT2D eigenvalue weighted by Crippen LogP contribution is -2.59. The zero-order chi connectivity index (χ0) is 15.7. The molecule has 0 aromatic rings. The van der Waals surface area contributed by atoms with Crippen LogP contribution in [0.1, 0.15) is 38.5 Å². The molecule has 0 aromatic heterocycles. The van der Waals surface area contributed by atoms with E-state index in [1.807, 2.05) is 0 Å². The van der Waals surface area contributed by atoms with Gasteiger partial charge in [0, 0.05) is 55.9 Å². The highest BCUT2D eigenvalue weighted by Gasteiger charge is 2.55. The topological polar surface area (TPSA) is 40.6 Å². The average molecular weight is 314 g/mol. The molecular weight excluding hydrogens is 288 g/mol. The first kappa shape index (κ1) is 14.4. The predicted molar refractivity (Wildman–Crippen MR) is 87.0 cm³/mol. The quantitative estimate of drug-likeness (QED) is 0.638. The van der Waals surface area contributed by atoms with Gasteiger partial charge in [-0.3, -0.25) is 14.5 Å². The number of piperazine rings is 1. The number of carbonyl (C=O) groups excluding carboxylic acids is 2. The van der Waals surface area contributed by atoms with Crippen LogP contribution in [-0.2, 0) is 9.59 Å². The number of ketones is 2. The van der Waals surface area contributed by atoms with Crippen molar-refractivity contribution in [3.63, 3.8) is 0 Å². The summed E-state index contributed by atoms with van der Waals surface area (Å²) in [5.41, 5.74) is 1.43. The van der Waals surface area contributed by atoms with E-state index in [2.05, 4.69) is 22.9 Å². The van der Waals surface area contributed by atoms with Gasteiger partial charge in [0.25, 0.3) is 0 Å². The second-order valence-electron chi connectivity index (χ2n) is 8.48. The molecule has 4 heteroatoms. The molecule has 2 saturated heterocycles. The van der Waals surface area contributed by atoms with E-state index in [9.17, 15) is 9.59 Å². The van der Waals surface area contributed by atoms with Gasteiger partial charge in [-0.1, -0.05) is 11.6 Å². The third-order valence-corrected chi connectivity index (χ3v) is 7.32. The molecule has 3 heterocycles. The smallest absolute Gasteiger partial charge is 0.140 e. The Bertz CT molecular complexity index is 598. The fourth-order valence-electron chi connectivity index (χ4n) is 6.22. The Morgan fingerprint density at radius 1 is 1.04 bits per heavy atom. The molecular formula is C19H26N2O2. The summed E-state index contributed by atoms with van der Waals surface area (Å²) in [6, 6.07) is 1.48. The van der Waals surface area contributed by atoms with E-state index < -0.39 is 0 Å². The number of carbonyl (C=O) groups is 2. The molecule has 3 fully saturated rings. The Hall–Kier alpha value is -1.00. The number of nitrogens with zero attached hydrogens (tertiary/aromatic N) is 2. The van der Waals surface area contributed by atoms with Crippen molar-refractivity contribution in [2.45, 2.75) is 56.7 Å². The summed E-state index contributed by atoms with van der Waals surface area (Å²) in [4.78, 5) is 30.6. The molecule has 23 heavy (non-hydrogen) atoms. The number of hydrogen-bond acceptors (Lipinski definition) is 4. The van der Waals surface area contributed by atoms with Crippen LogP contribution in [-0.4, -0.2) is 59.6 Å². The van der Waals surface area contributed by atoms with Gasteiger partial charge in [-0.2, -0.15) is 0 Å². The van der Waals surface area contributed by atoms with Crippen molar-refractivity contribution in [1.29, 1.82) is 0 Å². The third-order valence-electron chi connectivity index (χ3n) is 7.32. The molecule has 5 aliphatic rings. The van der Waals surface area contributed by atoms with E-state index in [1.165, 1.54) is 12.0 Å². The van der Waals surface area contributed by atoms with Crippen molar-refractivity contribution in [3.05, 3.63) is 11.6 Å². The largest absolute Gasteiger partial charge is 0.300 e. The summed E-state index contributed by atoms with van der Waals surface area (Å²) in [6.07, 6.45) is 7.83. The molecule has 4 nitrogen and oxygen atoms in total. The molecule has 5 rings (SSSR count). The first-order chi connectivity index (χ1) is 11.1. The Morgan fingerprint density at radius 2 is 1.91 bits per heavy atom. The monoisotopic (exact) mass is 314 g/mol. The van der Waals surface area contributed by atoms with E-state index >= 15 is 0 Å². The summed E-state index contributed by atoms with van der Waals surface area (Å²) >= 11 is 0. The van der Waals surface area contributed by atoms with Crippen molar-refractivity contribution >= 4 is 11.6 Å². The number of hydrogen-bond donors (Lipinski definition) is 0. The molecule has 0 radical (unpaired) electrons. The minimum absolute atomic E-state index is 0.0521. The van der Waals surface area contributed by atoms with Crippen LogP contribution in [0.2, 0.25) is 0 Å². The summed E-state index contributed by atoms with van der Waals surface area (Å²) in [6.45, 7) is 2.22. The van der Waals surface area contributed by atoms with Gasteiger partial charge < -0.3 is 4.90 Å². The van der Waals surface area contributed by atoms with Crippen molar-refractivity contribution in [2.75, 3.05) is 20.1 Å². The van der Waals surface area contributed by atoms with E-state index in [0.717, 1.165) is 32.4 Å². The standard InChI is InChI=1S/C19H26N2O2/c1-20-9-14-8-12-3-5-17(23)18-15-7-11(2-4-16(15)22)6-13(20)10-21(14)19(12)18/h7,12-15,18-19H,2-6,8-10H2,1H3/t12-,13+,14-,15-,18+,19+/m1/s1. The summed E-state index contributed by atoms with van der Waals surface area (Å²) in [5.74, 6) is 1.13. The highest BCUT2D eigenvalue weighted by atomic mass is 16.1. The lowest BCUT2D eigenvalue weighted by Gasteiger charge is -2.46. The van der Waals surface area contributed by atoms with Gasteiger partial charge in [0.15, 0.2) is 0 Å². The molecule has 4 bridgehead atoms. The van der Waals surface area contributed by atoms with Gasteiger partial charge >= 0.3 is 0 Å².